The Morgan fingerprint density at radius 1 is 1.33 bits per heavy atom. The first-order valence-corrected chi connectivity index (χ1v) is 10.5. The van der Waals surface area contributed by atoms with Crippen LogP contribution in [0, 0.1) is 5.92 Å². The standard InChI is InChI=1S/C18H27N3O2S.CH2O2/c1-19(2)11-14-4-5-16-15-8-13(10-21(16)18(14)23)9-20(12-15)17(22)6-7-24-3;2-1-3/h4-5,13,15H,6-12H2,1-3H3;1H,(H,2,3)/t13-,15+;/m0./s1. The van der Waals surface area contributed by atoms with E-state index in [1.807, 2.05) is 40.8 Å². The SMILES string of the molecule is CSCCC(=O)N1C[C@@H]2C[C@H](C1)c1ccc(CN(C)C)c(=O)n1C2.O=CO. The van der Waals surface area contributed by atoms with Crippen LogP contribution in [0.1, 0.15) is 30.0 Å². The molecule has 2 atom stereocenters. The third-order valence-electron chi connectivity index (χ3n) is 5.04. The van der Waals surface area contributed by atoms with Crippen LogP contribution < -0.4 is 5.56 Å². The van der Waals surface area contributed by atoms with Gasteiger partial charge in [-0.15, -0.1) is 0 Å². The molecule has 27 heavy (non-hydrogen) atoms. The summed E-state index contributed by atoms with van der Waals surface area (Å²) in [4.78, 5) is 37.6. The Morgan fingerprint density at radius 3 is 2.67 bits per heavy atom. The third kappa shape index (κ3) is 5.35. The first kappa shape index (κ1) is 21.5. The molecule has 1 N–H and O–H groups in total. The van der Waals surface area contributed by atoms with Crippen molar-refractivity contribution in [2.75, 3.05) is 39.2 Å². The first-order valence-electron chi connectivity index (χ1n) is 9.13. The molecule has 3 rings (SSSR count). The largest absolute Gasteiger partial charge is 0.483 e. The van der Waals surface area contributed by atoms with Gasteiger partial charge in [0.25, 0.3) is 12.0 Å². The molecule has 150 valence electrons. The molecule has 1 fully saturated rings. The lowest BCUT2D eigenvalue weighted by Crippen LogP contribution is -2.49. The zero-order valence-electron chi connectivity index (χ0n) is 16.3. The second-order valence-electron chi connectivity index (χ2n) is 7.38. The number of hydrogen-bond acceptors (Lipinski definition) is 5. The first-order chi connectivity index (χ1) is 12.9. The number of carboxylic acid groups (broad SMARTS) is 1. The molecular formula is C19H29N3O4S. The molecule has 2 aliphatic rings. The van der Waals surface area contributed by atoms with E-state index in [9.17, 15) is 9.59 Å². The third-order valence-corrected chi connectivity index (χ3v) is 5.65. The van der Waals surface area contributed by atoms with Gasteiger partial charge in [0, 0.05) is 55.5 Å². The molecule has 0 saturated carbocycles. The molecule has 8 heteroatoms. The van der Waals surface area contributed by atoms with E-state index in [1.165, 1.54) is 0 Å². The Hall–Kier alpha value is -1.80. The number of thioether (sulfide) groups is 1. The zero-order valence-corrected chi connectivity index (χ0v) is 17.1. The molecule has 1 aromatic rings. The number of carbonyl (C=O) groups excluding carboxylic acids is 1. The maximum atomic E-state index is 12.8. The molecule has 0 aliphatic carbocycles. The van der Waals surface area contributed by atoms with Crippen molar-refractivity contribution in [3.05, 3.63) is 33.7 Å². The molecule has 1 amide bonds. The summed E-state index contributed by atoms with van der Waals surface area (Å²) in [6.07, 6.45) is 3.75. The summed E-state index contributed by atoms with van der Waals surface area (Å²) in [5, 5.41) is 6.89. The average molecular weight is 396 g/mol. The number of aromatic nitrogens is 1. The summed E-state index contributed by atoms with van der Waals surface area (Å²) in [7, 11) is 3.97. The van der Waals surface area contributed by atoms with E-state index >= 15 is 0 Å². The minimum absolute atomic E-state index is 0.151. The van der Waals surface area contributed by atoms with Crippen LogP contribution in [-0.4, -0.2) is 71.0 Å². The summed E-state index contributed by atoms with van der Waals surface area (Å²) in [5.74, 6) is 1.85. The minimum atomic E-state index is -0.250. The highest BCUT2D eigenvalue weighted by atomic mass is 32.2. The fourth-order valence-corrected chi connectivity index (χ4v) is 4.38. The fraction of sp³-hybridized carbons (Fsp3) is 0.632. The minimum Gasteiger partial charge on any atom is -0.483 e. The number of carbonyl (C=O) groups is 2. The zero-order chi connectivity index (χ0) is 20.0. The van der Waals surface area contributed by atoms with Gasteiger partial charge in [0.15, 0.2) is 0 Å². The van der Waals surface area contributed by atoms with Crippen LogP contribution in [0.15, 0.2) is 16.9 Å². The Morgan fingerprint density at radius 2 is 2.04 bits per heavy atom. The molecule has 0 radical (unpaired) electrons. The van der Waals surface area contributed by atoms with Crippen LogP contribution in [0.3, 0.4) is 0 Å². The molecule has 1 saturated heterocycles. The van der Waals surface area contributed by atoms with Gasteiger partial charge in [0.05, 0.1) is 0 Å². The summed E-state index contributed by atoms with van der Waals surface area (Å²) in [6.45, 7) is 2.73. The molecule has 0 unspecified atom stereocenters. The number of piperidine rings is 1. The summed E-state index contributed by atoms with van der Waals surface area (Å²) in [5.41, 5.74) is 2.12. The predicted molar refractivity (Wildman–Crippen MR) is 107 cm³/mol. The van der Waals surface area contributed by atoms with Gasteiger partial charge >= 0.3 is 0 Å². The van der Waals surface area contributed by atoms with Crippen LogP contribution in [0.25, 0.3) is 0 Å². The average Bonchev–Trinajstić information content (AvgIpc) is 2.62. The molecule has 2 bridgehead atoms. The maximum Gasteiger partial charge on any atom is 0.290 e. The van der Waals surface area contributed by atoms with E-state index in [0.29, 0.717) is 24.8 Å². The molecule has 0 spiro atoms. The van der Waals surface area contributed by atoms with Gasteiger partial charge in [-0.05, 0) is 38.8 Å². The number of hydrogen-bond donors (Lipinski definition) is 1. The highest BCUT2D eigenvalue weighted by Gasteiger charge is 2.36. The second kappa shape index (κ2) is 9.94. The van der Waals surface area contributed by atoms with E-state index in [2.05, 4.69) is 6.07 Å². The summed E-state index contributed by atoms with van der Waals surface area (Å²) in [6, 6.07) is 4.08. The van der Waals surface area contributed by atoms with E-state index in [0.717, 1.165) is 43.1 Å². The lowest BCUT2D eigenvalue weighted by atomic mass is 9.83. The highest BCUT2D eigenvalue weighted by Crippen LogP contribution is 2.35. The fourth-order valence-electron chi connectivity index (χ4n) is 4.00. The van der Waals surface area contributed by atoms with Gasteiger partial charge < -0.3 is 19.5 Å². The highest BCUT2D eigenvalue weighted by molar-refractivity contribution is 7.98. The number of likely N-dealkylation sites (tertiary alicyclic amines) is 1. The molecule has 1 aromatic heterocycles. The Kier molecular flexibility index (Phi) is 7.91. The van der Waals surface area contributed by atoms with Crippen molar-refractivity contribution in [3.63, 3.8) is 0 Å². The van der Waals surface area contributed by atoms with Crippen LogP contribution in [0.4, 0.5) is 0 Å². The Bertz CT molecular complexity index is 719. The van der Waals surface area contributed by atoms with Crippen LogP contribution in [0.5, 0.6) is 0 Å². The van der Waals surface area contributed by atoms with Crippen molar-refractivity contribution in [1.82, 2.24) is 14.4 Å². The van der Waals surface area contributed by atoms with Crippen molar-refractivity contribution in [3.8, 4) is 0 Å². The van der Waals surface area contributed by atoms with Gasteiger partial charge in [-0.3, -0.25) is 14.4 Å². The van der Waals surface area contributed by atoms with Crippen molar-refractivity contribution >= 4 is 24.1 Å². The van der Waals surface area contributed by atoms with E-state index < -0.39 is 0 Å². The van der Waals surface area contributed by atoms with Gasteiger partial charge in [-0.25, -0.2) is 0 Å². The van der Waals surface area contributed by atoms with E-state index in [-0.39, 0.29) is 17.9 Å². The number of nitrogens with zero attached hydrogens (tertiary/aromatic N) is 3. The van der Waals surface area contributed by atoms with Gasteiger partial charge in [0.1, 0.15) is 0 Å². The number of rotatable bonds is 5. The molecule has 7 nitrogen and oxygen atoms in total. The van der Waals surface area contributed by atoms with Crippen LogP contribution in [0.2, 0.25) is 0 Å². The van der Waals surface area contributed by atoms with Crippen molar-refractivity contribution in [1.29, 1.82) is 0 Å². The normalized spacial score (nSPS) is 20.5. The number of fused-ring (bicyclic) bond motifs is 4. The molecular weight excluding hydrogens is 366 g/mol. The number of pyridine rings is 1. The molecule has 3 heterocycles. The van der Waals surface area contributed by atoms with Crippen LogP contribution >= 0.6 is 11.8 Å². The van der Waals surface area contributed by atoms with Crippen molar-refractivity contribution in [2.24, 2.45) is 5.92 Å². The molecule has 0 aromatic carbocycles. The predicted octanol–water partition coefficient (Wildman–Crippen LogP) is 1.31. The lowest BCUT2D eigenvalue weighted by molar-refractivity contribution is -0.133. The topological polar surface area (TPSA) is 82.9 Å². The number of amides is 1. The van der Waals surface area contributed by atoms with Gasteiger partial charge in [0.2, 0.25) is 5.91 Å². The van der Waals surface area contributed by atoms with E-state index in [4.69, 9.17) is 9.90 Å². The molecule has 2 aliphatic heterocycles. The smallest absolute Gasteiger partial charge is 0.290 e. The van der Waals surface area contributed by atoms with E-state index in [1.54, 1.807) is 11.8 Å². The quantitative estimate of drug-likeness (QED) is 0.757. The van der Waals surface area contributed by atoms with Crippen LogP contribution in [-0.2, 0) is 22.7 Å². The Balaban J connectivity index is 0.000000817. The Labute approximate surface area is 164 Å². The summed E-state index contributed by atoms with van der Waals surface area (Å²) >= 11 is 1.72. The second-order valence-corrected chi connectivity index (χ2v) is 8.37. The maximum absolute atomic E-state index is 12.8. The van der Waals surface area contributed by atoms with Gasteiger partial charge in [-0.1, -0.05) is 6.07 Å². The lowest BCUT2D eigenvalue weighted by Gasteiger charge is -2.43. The van der Waals surface area contributed by atoms with Crippen molar-refractivity contribution < 1.29 is 14.7 Å². The summed E-state index contributed by atoms with van der Waals surface area (Å²) < 4.78 is 1.97. The monoisotopic (exact) mass is 395 g/mol. The van der Waals surface area contributed by atoms with Crippen molar-refractivity contribution in [2.45, 2.75) is 31.8 Å². The van der Waals surface area contributed by atoms with Gasteiger partial charge in [-0.2, -0.15) is 11.8 Å².